The van der Waals surface area contributed by atoms with E-state index < -0.39 is 10.1 Å². The monoisotopic (exact) mass is 967 g/mol. The van der Waals surface area contributed by atoms with Gasteiger partial charge >= 0.3 is 17.5 Å². The molecule has 0 atom stereocenters. The van der Waals surface area contributed by atoms with Crippen LogP contribution in [0.15, 0.2) is 105 Å². The first-order chi connectivity index (χ1) is 32.5. The quantitative estimate of drug-likeness (QED) is 0.104. The summed E-state index contributed by atoms with van der Waals surface area (Å²) < 4.78 is 30.8. The number of rotatable bonds is 14. The third kappa shape index (κ3) is 25.6. The van der Waals surface area contributed by atoms with Gasteiger partial charge in [0.05, 0.1) is 56.3 Å². The second-order valence-electron chi connectivity index (χ2n) is 17.4. The standard InChI is InChI=1S/C18H26N4O.C15H20N4.C10H8N2O.C5H14N2.C3H6O3S/c1-15-13-17(18(19-3)20-4)14-16(2)21(15)9-7-10-22(5,6)11-8-12-23;1-12-10-14(15(16-3)17-4)11-13(2)19(12)9-7-8-18(5)6;1-7-5-9(6-8(2)13-7)10(11-3)12-4;1-7(2)5-3-4-6;4-7(5)3-1-2-6-7/h13-14H,7-12H2,1-2,5-6H3;10-11H,7-9H2,1-2,5-6H3;5-6H,1-2H3;3-6H2,1-2H3;1-3H2. The maximum Gasteiger partial charge on any atom is 0.526 e. The Morgan fingerprint density at radius 3 is 1.29 bits per heavy atom. The van der Waals surface area contributed by atoms with Gasteiger partial charge in [-0.05, 0) is 152 Å². The highest BCUT2D eigenvalue weighted by Gasteiger charge is 2.22. The first-order valence-electron chi connectivity index (χ1n) is 22.6. The summed E-state index contributed by atoms with van der Waals surface area (Å²) in [7, 11) is 9.52. The summed E-state index contributed by atoms with van der Waals surface area (Å²) in [5.74, 6) is 1.97. The summed E-state index contributed by atoms with van der Waals surface area (Å²) in [6.07, 6.45) is 15.7. The van der Waals surface area contributed by atoms with E-state index in [1.165, 1.54) is 0 Å². The first-order valence-corrected chi connectivity index (χ1v) is 24.1. The molecule has 0 spiro atoms. The van der Waals surface area contributed by atoms with Crippen molar-refractivity contribution in [1.29, 1.82) is 0 Å². The fourth-order valence-corrected chi connectivity index (χ4v) is 7.85. The van der Waals surface area contributed by atoms with Crippen molar-refractivity contribution < 1.29 is 26.9 Å². The van der Waals surface area contributed by atoms with E-state index in [1.54, 1.807) is 26.0 Å². The zero-order valence-electron chi connectivity index (χ0n) is 43.0. The van der Waals surface area contributed by atoms with Gasteiger partial charge in [0, 0.05) is 42.3 Å². The van der Waals surface area contributed by atoms with Crippen molar-refractivity contribution in [2.75, 3.05) is 107 Å². The van der Waals surface area contributed by atoms with E-state index in [4.69, 9.17) is 49.9 Å². The Kier molecular flexibility index (Phi) is 30.2. The summed E-state index contributed by atoms with van der Waals surface area (Å²) >= 11 is 0. The number of hydrogen-bond donors (Lipinski definition) is 1. The van der Waals surface area contributed by atoms with E-state index in [9.17, 15) is 13.5 Å². The van der Waals surface area contributed by atoms with Gasteiger partial charge in [-0.25, -0.2) is 0 Å². The highest BCUT2D eigenvalue weighted by Crippen LogP contribution is 2.27. The van der Waals surface area contributed by atoms with Crippen molar-refractivity contribution >= 4 is 10.1 Å². The molecule has 1 saturated heterocycles. The largest absolute Gasteiger partial charge is 0.854 e. The molecular weight excluding hydrogens is 893 g/mol. The molecule has 0 aromatic rings. The molecule has 374 valence electrons. The van der Waals surface area contributed by atoms with Crippen molar-refractivity contribution in [1.82, 2.24) is 19.6 Å². The third-order valence-electron chi connectivity index (χ3n) is 10.3. The van der Waals surface area contributed by atoms with Crippen molar-refractivity contribution in [2.45, 2.75) is 73.6 Å². The van der Waals surface area contributed by atoms with Crippen LogP contribution in [0.5, 0.6) is 0 Å². The molecule has 4 aliphatic heterocycles. The van der Waals surface area contributed by atoms with E-state index in [0.717, 1.165) is 104 Å². The molecule has 18 heteroatoms. The normalized spacial score (nSPS) is 15.6. The van der Waals surface area contributed by atoms with Gasteiger partial charge in [-0.3, -0.25) is 4.18 Å². The fourth-order valence-electron chi connectivity index (χ4n) is 6.89. The summed E-state index contributed by atoms with van der Waals surface area (Å²) in [6, 6.07) is 0. The van der Waals surface area contributed by atoms with Crippen LogP contribution in [0.4, 0.5) is 0 Å². The summed E-state index contributed by atoms with van der Waals surface area (Å²) in [5, 5.41) is 10.6. The Morgan fingerprint density at radius 2 is 1.00 bits per heavy atom. The minimum absolute atomic E-state index is 0.00293. The molecule has 0 aliphatic carbocycles. The Morgan fingerprint density at radius 1 is 0.638 bits per heavy atom. The van der Waals surface area contributed by atoms with Crippen LogP contribution in [0.2, 0.25) is 0 Å². The molecule has 4 heterocycles. The van der Waals surface area contributed by atoms with Crippen LogP contribution >= 0.6 is 0 Å². The molecule has 0 saturated carbocycles. The number of nitrogens with zero attached hydrogens (tertiary/aromatic N) is 11. The van der Waals surface area contributed by atoms with E-state index in [1.807, 2.05) is 52.0 Å². The molecule has 1 fully saturated rings. The first kappa shape index (κ1) is 62.7. The second kappa shape index (κ2) is 33.2. The maximum absolute atomic E-state index is 10.6. The molecule has 4 rings (SSSR count). The highest BCUT2D eigenvalue weighted by atomic mass is 32.2. The van der Waals surface area contributed by atoms with Crippen LogP contribution in [0, 0.1) is 39.4 Å². The van der Waals surface area contributed by atoms with Crippen LogP contribution in [0.1, 0.15) is 73.6 Å². The Bertz CT molecular complexity index is 2270. The minimum atomic E-state index is -3.05. The zero-order valence-corrected chi connectivity index (χ0v) is 43.8. The molecule has 0 aromatic heterocycles. The van der Waals surface area contributed by atoms with Crippen LogP contribution < -0.4 is 10.8 Å². The highest BCUT2D eigenvalue weighted by molar-refractivity contribution is 7.86. The molecule has 0 amide bonds. The van der Waals surface area contributed by atoms with Gasteiger partial charge in [-0.1, -0.05) is 0 Å². The maximum atomic E-state index is 10.6. The lowest BCUT2D eigenvalue weighted by molar-refractivity contribution is -0.891. The average molecular weight is 967 g/mol. The molecule has 4 aliphatic rings. The van der Waals surface area contributed by atoms with Gasteiger partial charge in [-0.2, -0.15) is 37.5 Å². The van der Waals surface area contributed by atoms with E-state index in [0.29, 0.717) is 35.7 Å². The van der Waals surface area contributed by atoms with Crippen LogP contribution in [0.3, 0.4) is 0 Å². The Labute approximate surface area is 415 Å². The molecule has 0 unspecified atom stereocenters. The van der Waals surface area contributed by atoms with E-state index in [2.05, 4.69) is 95.1 Å². The Balaban J connectivity index is 0.000000899. The SMILES string of the molecule is CN(C)CCCN.O=S1(=O)CCCO1.[C-]#[N+]C([N+]#[C-])=C1C=C(C)N(CCCN(C)C)C(C)=C1.[C-]#[N+]C([N+]#[C-])=C1C=C(C)N(CCC[N+](C)(C)CCC[O-])C(C)=C1.[C-]#[N+]C([N+]#[C-])=C1C=C(C)OC(C)=C1. The lowest BCUT2D eigenvalue weighted by Gasteiger charge is -2.33. The van der Waals surface area contributed by atoms with Crippen molar-refractivity contribution in [2.24, 2.45) is 5.73 Å². The van der Waals surface area contributed by atoms with Crippen LogP contribution in [-0.2, 0) is 19.0 Å². The summed E-state index contributed by atoms with van der Waals surface area (Å²) in [4.78, 5) is 28.1. The van der Waals surface area contributed by atoms with E-state index in [-0.39, 0.29) is 29.8 Å². The second-order valence-corrected chi connectivity index (χ2v) is 19.2. The number of ether oxygens (including phenoxy) is 1. The topological polar surface area (TPSA) is 141 Å². The van der Waals surface area contributed by atoms with Gasteiger partial charge in [0.25, 0.3) is 10.1 Å². The summed E-state index contributed by atoms with van der Waals surface area (Å²) in [6.45, 7) is 60.5. The minimum Gasteiger partial charge on any atom is -0.854 e. The average Bonchev–Trinajstić information content (AvgIpc) is 3.69. The van der Waals surface area contributed by atoms with Crippen LogP contribution in [0.25, 0.3) is 29.1 Å². The predicted molar refractivity (Wildman–Crippen MR) is 273 cm³/mol. The molecule has 0 bridgehead atoms. The smallest absolute Gasteiger partial charge is 0.526 e. The molecule has 0 aromatic carbocycles. The van der Waals surface area contributed by atoms with Gasteiger partial charge in [0.1, 0.15) is 51.0 Å². The third-order valence-corrected chi connectivity index (χ3v) is 11.6. The van der Waals surface area contributed by atoms with Gasteiger partial charge < -0.3 is 39.7 Å². The van der Waals surface area contributed by atoms with Crippen molar-refractivity contribution in [3.63, 3.8) is 0 Å². The lowest BCUT2D eigenvalue weighted by Crippen LogP contribution is -2.43. The molecule has 0 radical (unpaired) electrons. The van der Waals surface area contributed by atoms with Gasteiger partial charge in [0.15, 0.2) is 0 Å². The number of hydrogen-bond acceptors (Lipinski definition) is 10. The molecule has 17 nitrogen and oxygen atoms in total. The number of quaternary nitrogens is 1. The lowest BCUT2D eigenvalue weighted by atomic mass is 10.1. The number of nitrogens with two attached hydrogens (primary N) is 1. The van der Waals surface area contributed by atoms with E-state index >= 15 is 0 Å². The Hall–Kier alpha value is -6.29. The fraction of sp³-hybridized carbons (Fsp3) is 0.529. The molecule has 2 N–H and O–H groups in total. The predicted octanol–water partition coefficient (Wildman–Crippen LogP) is 8.00. The summed E-state index contributed by atoms with van der Waals surface area (Å²) in [5.41, 5.74) is 11.6. The molecular formula is C51H74N12O5S. The van der Waals surface area contributed by atoms with Crippen molar-refractivity contribution in [3.05, 3.63) is 173 Å². The zero-order chi connectivity index (χ0) is 52.7. The van der Waals surface area contributed by atoms with Gasteiger partial charge in [-0.15, -0.1) is 6.61 Å². The molecule has 69 heavy (non-hydrogen) atoms. The van der Waals surface area contributed by atoms with Crippen molar-refractivity contribution in [3.8, 4) is 0 Å². The van der Waals surface area contributed by atoms with Crippen LogP contribution in [-0.4, -0.2) is 140 Å². The number of allylic oxidation sites excluding steroid dienone is 15. The van der Waals surface area contributed by atoms with Gasteiger partial charge in [0.2, 0.25) is 0 Å².